The normalized spacial score (nSPS) is 16.2. The van der Waals surface area contributed by atoms with Crippen LogP contribution < -0.4 is 10.6 Å². The molecule has 0 aliphatic carbocycles. The second kappa shape index (κ2) is 5.29. The highest BCUT2D eigenvalue weighted by Gasteiger charge is 2.15. The molecule has 2 rings (SSSR count). The molecular formula is C13H18N2O2. The van der Waals surface area contributed by atoms with Crippen LogP contribution >= 0.6 is 0 Å². The maximum Gasteiger partial charge on any atom is 0.224 e. The Morgan fingerprint density at radius 2 is 2.29 bits per heavy atom. The highest BCUT2D eigenvalue weighted by Crippen LogP contribution is 2.25. The summed E-state index contributed by atoms with van der Waals surface area (Å²) in [6.07, 6.45) is 1.37. The van der Waals surface area contributed by atoms with E-state index in [-0.39, 0.29) is 18.6 Å². The van der Waals surface area contributed by atoms with E-state index in [1.807, 2.05) is 12.1 Å². The van der Waals surface area contributed by atoms with E-state index in [0.717, 1.165) is 12.1 Å². The molecule has 1 aliphatic rings. The number of aliphatic hydroxyl groups is 1. The first-order chi connectivity index (χ1) is 8.20. The summed E-state index contributed by atoms with van der Waals surface area (Å²) in [4.78, 5) is 11.2. The molecule has 1 aromatic rings. The van der Waals surface area contributed by atoms with Crippen molar-refractivity contribution in [2.24, 2.45) is 0 Å². The number of benzene rings is 1. The fraction of sp³-hybridized carbons (Fsp3) is 0.462. The van der Waals surface area contributed by atoms with Gasteiger partial charge < -0.3 is 15.7 Å². The largest absolute Gasteiger partial charge is 0.395 e. The fourth-order valence-corrected chi connectivity index (χ4v) is 2.07. The third-order valence-electron chi connectivity index (χ3n) is 3.09. The fourth-order valence-electron chi connectivity index (χ4n) is 2.07. The second-order valence-electron chi connectivity index (χ2n) is 4.36. The zero-order chi connectivity index (χ0) is 12.3. The van der Waals surface area contributed by atoms with Gasteiger partial charge in [-0.15, -0.1) is 0 Å². The van der Waals surface area contributed by atoms with Gasteiger partial charge in [-0.25, -0.2) is 0 Å². The van der Waals surface area contributed by atoms with E-state index in [0.29, 0.717) is 13.0 Å². The number of carbonyl (C=O) groups excluding carboxylic acids is 1. The number of aryl methyl sites for hydroxylation is 1. The number of amides is 1. The van der Waals surface area contributed by atoms with Crippen molar-refractivity contribution in [3.05, 3.63) is 29.3 Å². The summed E-state index contributed by atoms with van der Waals surface area (Å²) >= 11 is 0. The Balaban J connectivity index is 2.13. The van der Waals surface area contributed by atoms with Crippen LogP contribution in [0.5, 0.6) is 0 Å². The van der Waals surface area contributed by atoms with Gasteiger partial charge >= 0.3 is 0 Å². The molecule has 1 amide bonds. The van der Waals surface area contributed by atoms with Crippen LogP contribution in [-0.2, 0) is 11.2 Å². The lowest BCUT2D eigenvalue weighted by molar-refractivity contribution is -0.116. The van der Waals surface area contributed by atoms with Gasteiger partial charge in [0.15, 0.2) is 0 Å². The number of fused-ring (bicyclic) bond motifs is 1. The minimum atomic E-state index is 0.0942. The van der Waals surface area contributed by atoms with Crippen LogP contribution in [0.4, 0.5) is 5.69 Å². The smallest absolute Gasteiger partial charge is 0.224 e. The summed E-state index contributed by atoms with van der Waals surface area (Å²) in [5, 5.41) is 14.9. The van der Waals surface area contributed by atoms with Gasteiger partial charge in [-0.3, -0.25) is 4.79 Å². The summed E-state index contributed by atoms with van der Waals surface area (Å²) in [6.45, 7) is 2.80. The van der Waals surface area contributed by atoms with Crippen molar-refractivity contribution in [2.75, 3.05) is 18.5 Å². The van der Waals surface area contributed by atoms with E-state index in [1.165, 1.54) is 11.1 Å². The van der Waals surface area contributed by atoms with Gasteiger partial charge in [0, 0.05) is 24.7 Å². The van der Waals surface area contributed by atoms with Crippen LogP contribution in [0.1, 0.15) is 30.5 Å². The lowest BCUT2D eigenvalue weighted by Crippen LogP contribution is -2.23. The maximum atomic E-state index is 11.2. The topological polar surface area (TPSA) is 61.4 Å². The predicted molar refractivity (Wildman–Crippen MR) is 66.9 cm³/mol. The molecule has 3 N–H and O–H groups in total. The Morgan fingerprint density at radius 3 is 3.06 bits per heavy atom. The number of carbonyl (C=O) groups is 1. The van der Waals surface area contributed by atoms with E-state index in [1.54, 1.807) is 0 Å². The molecule has 0 saturated carbocycles. The zero-order valence-corrected chi connectivity index (χ0v) is 9.99. The van der Waals surface area contributed by atoms with Gasteiger partial charge in [0.05, 0.1) is 6.61 Å². The molecule has 0 fully saturated rings. The molecule has 0 radical (unpaired) electrons. The lowest BCUT2D eigenvalue weighted by Gasteiger charge is -2.20. The van der Waals surface area contributed by atoms with Crippen molar-refractivity contribution >= 4 is 11.6 Å². The summed E-state index contributed by atoms with van der Waals surface area (Å²) in [5.74, 6) is 0.0942. The Hall–Kier alpha value is -1.39. The van der Waals surface area contributed by atoms with Crippen molar-refractivity contribution < 1.29 is 9.90 Å². The van der Waals surface area contributed by atoms with Gasteiger partial charge in [-0.1, -0.05) is 12.1 Å². The highest BCUT2D eigenvalue weighted by atomic mass is 16.3. The summed E-state index contributed by atoms with van der Waals surface area (Å²) in [5.41, 5.74) is 3.31. The van der Waals surface area contributed by atoms with Crippen LogP contribution in [0.3, 0.4) is 0 Å². The molecule has 1 aromatic carbocycles. The Bertz CT molecular complexity index is 418. The summed E-state index contributed by atoms with van der Waals surface area (Å²) < 4.78 is 0. The SMILES string of the molecule is CC(NCCO)c1ccc2c(c1)CCC(=O)N2. The van der Waals surface area contributed by atoms with Gasteiger partial charge in [-0.2, -0.15) is 0 Å². The van der Waals surface area contributed by atoms with Gasteiger partial charge in [-0.05, 0) is 30.5 Å². The van der Waals surface area contributed by atoms with Crippen molar-refractivity contribution in [2.45, 2.75) is 25.8 Å². The summed E-state index contributed by atoms with van der Waals surface area (Å²) in [7, 11) is 0. The number of anilines is 1. The molecule has 1 aliphatic heterocycles. The molecule has 4 nitrogen and oxygen atoms in total. The maximum absolute atomic E-state index is 11.2. The predicted octanol–water partition coefficient (Wildman–Crippen LogP) is 1.21. The van der Waals surface area contributed by atoms with Crippen molar-refractivity contribution in [3.63, 3.8) is 0 Å². The molecule has 0 bridgehead atoms. The van der Waals surface area contributed by atoms with Gasteiger partial charge in [0.2, 0.25) is 5.91 Å². The third-order valence-corrected chi connectivity index (χ3v) is 3.09. The number of hydrogen-bond acceptors (Lipinski definition) is 3. The summed E-state index contributed by atoms with van der Waals surface area (Å²) in [6, 6.07) is 6.31. The van der Waals surface area contributed by atoms with Crippen LogP contribution in [0.25, 0.3) is 0 Å². The number of aliphatic hydroxyl groups excluding tert-OH is 1. The Morgan fingerprint density at radius 1 is 1.47 bits per heavy atom. The Labute approximate surface area is 101 Å². The molecular weight excluding hydrogens is 216 g/mol. The van der Waals surface area contributed by atoms with Crippen molar-refractivity contribution in [3.8, 4) is 0 Å². The average Bonchev–Trinajstić information content (AvgIpc) is 2.35. The first-order valence-electron chi connectivity index (χ1n) is 5.97. The second-order valence-corrected chi connectivity index (χ2v) is 4.36. The van der Waals surface area contributed by atoms with Crippen LogP contribution in [0.2, 0.25) is 0 Å². The van der Waals surface area contributed by atoms with Crippen LogP contribution in [0, 0.1) is 0 Å². The molecule has 0 aromatic heterocycles. The average molecular weight is 234 g/mol. The van der Waals surface area contributed by atoms with Crippen molar-refractivity contribution in [1.29, 1.82) is 0 Å². The van der Waals surface area contributed by atoms with E-state index in [2.05, 4.69) is 23.6 Å². The highest BCUT2D eigenvalue weighted by molar-refractivity contribution is 5.93. The zero-order valence-electron chi connectivity index (χ0n) is 9.99. The molecule has 1 heterocycles. The van der Waals surface area contributed by atoms with Gasteiger partial charge in [0.25, 0.3) is 0 Å². The molecule has 92 valence electrons. The lowest BCUT2D eigenvalue weighted by atomic mass is 9.98. The number of rotatable bonds is 4. The van der Waals surface area contributed by atoms with Crippen molar-refractivity contribution in [1.82, 2.24) is 5.32 Å². The van der Waals surface area contributed by atoms with E-state index in [9.17, 15) is 4.79 Å². The quantitative estimate of drug-likeness (QED) is 0.734. The first-order valence-corrected chi connectivity index (χ1v) is 5.97. The molecule has 1 atom stereocenters. The third kappa shape index (κ3) is 2.84. The minimum Gasteiger partial charge on any atom is -0.395 e. The van der Waals surface area contributed by atoms with Crippen LogP contribution in [-0.4, -0.2) is 24.2 Å². The monoisotopic (exact) mass is 234 g/mol. The van der Waals surface area contributed by atoms with E-state index >= 15 is 0 Å². The number of nitrogens with one attached hydrogen (secondary N) is 2. The number of hydrogen-bond donors (Lipinski definition) is 3. The molecule has 0 spiro atoms. The van der Waals surface area contributed by atoms with Gasteiger partial charge in [0.1, 0.15) is 0 Å². The molecule has 1 unspecified atom stereocenters. The van der Waals surface area contributed by atoms with Crippen LogP contribution in [0.15, 0.2) is 18.2 Å². The molecule has 17 heavy (non-hydrogen) atoms. The van der Waals surface area contributed by atoms with E-state index in [4.69, 9.17) is 5.11 Å². The standard InChI is InChI=1S/C13H18N2O2/c1-9(14-6-7-16)10-2-4-12-11(8-10)3-5-13(17)15-12/h2,4,8-9,14,16H,3,5-7H2,1H3,(H,15,17). The molecule has 0 saturated heterocycles. The Kier molecular flexibility index (Phi) is 3.76. The molecule has 4 heteroatoms. The van der Waals surface area contributed by atoms with E-state index < -0.39 is 0 Å². The first kappa shape index (κ1) is 12.1. The minimum absolute atomic E-state index is 0.0942.